The molecule has 1 saturated carbocycles. The van der Waals surface area contributed by atoms with Crippen LogP contribution in [0.1, 0.15) is 26.7 Å². The Morgan fingerprint density at radius 3 is 1.82 bits per heavy atom. The zero-order valence-electron chi connectivity index (χ0n) is 16.2. The number of hydrogen-bond acceptors (Lipinski definition) is 0. The van der Waals surface area contributed by atoms with Crippen LogP contribution in [-0.4, -0.2) is 8.80 Å². The van der Waals surface area contributed by atoms with Gasteiger partial charge in [-0.2, -0.15) is 0 Å². The van der Waals surface area contributed by atoms with Gasteiger partial charge in [-0.3, -0.25) is 0 Å². The van der Waals surface area contributed by atoms with Crippen molar-refractivity contribution in [3.63, 3.8) is 0 Å². The van der Waals surface area contributed by atoms with Crippen LogP contribution in [0, 0.1) is 5.92 Å². The van der Waals surface area contributed by atoms with Crippen molar-refractivity contribution in [1.82, 2.24) is 0 Å². The summed E-state index contributed by atoms with van der Waals surface area (Å²) in [6.07, 6.45) is 9.59. The van der Waals surface area contributed by atoms with Gasteiger partial charge in [0.15, 0.2) is 0 Å². The molecule has 2 aromatic carbocycles. The van der Waals surface area contributed by atoms with Gasteiger partial charge in [0.1, 0.15) is 0 Å². The fraction of sp³-hybridized carbons (Fsp3) is 0.304. The van der Waals surface area contributed by atoms with E-state index in [1.165, 1.54) is 12.8 Å². The van der Waals surface area contributed by atoms with Gasteiger partial charge in [0.2, 0.25) is 0 Å². The SMILES string of the molecule is C[C]1([Ti+3])C2=CC=CCC2CC1(C)[SiH](c1ccccc1)c1ccccc1.[Cl-].[Cl-].[Cl-]. The molecule has 0 radical (unpaired) electrons. The van der Waals surface area contributed by atoms with Gasteiger partial charge in [-0.15, -0.1) is 0 Å². The summed E-state index contributed by atoms with van der Waals surface area (Å²) in [4.78, 5) is 0. The average molecular weight is 484 g/mol. The largest absolute Gasteiger partial charge is 1.00 e. The molecule has 0 amide bonds. The topological polar surface area (TPSA) is 0 Å². The molecule has 0 spiro atoms. The minimum atomic E-state index is -1.39. The molecule has 0 heterocycles. The first-order valence-electron chi connectivity index (χ1n) is 9.26. The van der Waals surface area contributed by atoms with Crippen molar-refractivity contribution in [2.75, 3.05) is 0 Å². The Balaban J connectivity index is 0.00000131. The van der Waals surface area contributed by atoms with Crippen molar-refractivity contribution in [3.8, 4) is 0 Å². The Labute approximate surface area is 201 Å². The van der Waals surface area contributed by atoms with Gasteiger partial charge in [-0.1, -0.05) is 0 Å². The smallest absolute Gasteiger partial charge is 1.00 e. The molecule has 2 aliphatic rings. The van der Waals surface area contributed by atoms with Crippen LogP contribution >= 0.6 is 0 Å². The van der Waals surface area contributed by atoms with Crippen molar-refractivity contribution in [2.45, 2.75) is 35.4 Å². The molecule has 0 aromatic heterocycles. The fourth-order valence-corrected chi connectivity index (χ4v) is 10.7. The van der Waals surface area contributed by atoms with Crippen molar-refractivity contribution >= 4 is 19.2 Å². The van der Waals surface area contributed by atoms with Gasteiger partial charge in [0.25, 0.3) is 0 Å². The molecule has 146 valence electrons. The van der Waals surface area contributed by atoms with E-state index in [1.54, 1.807) is 15.9 Å². The number of fused-ring (bicyclic) bond motifs is 1. The molecule has 0 N–H and O–H groups in total. The summed E-state index contributed by atoms with van der Waals surface area (Å²) in [7, 11) is -1.39. The van der Waals surface area contributed by atoms with Crippen LogP contribution in [0.25, 0.3) is 0 Å². The van der Waals surface area contributed by atoms with E-state index >= 15 is 0 Å². The molecule has 0 aliphatic heterocycles. The molecule has 2 aromatic rings. The molecule has 2 aliphatic carbocycles. The van der Waals surface area contributed by atoms with Gasteiger partial charge < -0.3 is 37.2 Å². The predicted molar refractivity (Wildman–Crippen MR) is 106 cm³/mol. The third-order valence-corrected chi connectivity index (χ3v) is 12.5. The summed E-state index contributed by atoms with van der Waals surface area (Å²) in [5.74, 6) is 0.729. The number of benzene rings is 2. The van der Waals surface area contributed by atoms with E-state index in [4.69, 9.17) is 0 Å². The van der Waals surface area contributed by atoms with Crippen LogP contribution < -0.4 is 47.6 Å². The molecule has 5 heteroatoms. The molecular formula is C23H25Cl3SiTi. The second-order valence-electron chi connectivity index (χ2n) is 7.98. The summed E-state index contributed by atoms with van der Waals surface area (Å²) in [6, 6.07) is 22.7. The molecule has 3 unspecified atom stereocenters. The Kier molecular flexibility index (Phi) is 9.34. The van der Waals surface area contributed by atoms with E-state index in [-0.39, 0.29) is 40.9 Å². The van der Waals surface area contributed by atoms with Gasteiger partial charge in [-0.25, -0.2) is 0 Å². The monoisotopic (exact) mass is 482 g/mol. The van der Waals surface area contributed by atoms with E-state index in [2.05, 4.69) is 113 Å². The molecule has 4 rings (SSSR count). The minimum Gasteiger partial charge on any atom is -1.00 e. The number of halogens is 3. The quantitative estimate of drug-likeness (QED) is 0.386. The first-order chi connectivity index (χ1) is 12.0. The van der Waals surface area contributed by atoms with Crippen molar-refractivity contribution in [2.24, 2.45) is 5.92 Å². The average Bonchev–Trinajstić information content (AvgIpc) is 2.84. The molecule has 0 nitrogen and oxygen atoms in total. The normalized spacial score (nSPS) is 27.8. The zero-order valence-corrected chi connectivity index (χ0v) is 21.2. The van der Waals surface area contributed by atoms with Gasteiger partial charge >= 0.3 is 165 Å². The maximum atomic E-state index is 2.59. The Bertz CT molecular complexity index is 781. The van der Waals surface area contributed by atoms with Crippen molar-refractivity contribution in [1.29, 1.82) is 0 Å². The van der Waals surface area contributed by atoms with E-state index < -0.39 is 8.80 Å². The first-order valence-corrected chi connectivity index (χ1v) is 11.8. The van der Waals surface area contributed by atoms with Crippen LogP contribution in [-0.2, 0) is 20.4 Å². The summed E-state index contributed by atoms with van der Waals surface area (Å²) in [6.45, 7) is 5.09. The van der Waals surface area contributed by atoms with Crippen molar-refractivity contribution in [3.05, 3.63) is 84.5 Å². The number of rotatable bonds is 3. The molecule has 0 saturated heterocycles. The van der Waals surface area contributed by atoms with Crippen molar-refractivity contribution < 1.29 is 57.7 Å². The molecule has 0 bridgehead atoms. The van der Waals surface area contributed by atoms with E-state index in [0.717, 1.165) is 5.92 Å². The Morgan fingerprint density at radius 1 is 0.857 bits per heavy atom. The first kappa shape index (κ1) is 25.8. The summed E-state index contributed by atoms with van der Waals surface area (Å²) in [5, 5.41) is 3.49. The Hall–Kier alpha value is -0.279. The molecule has 3 atom stereocenters. The number of allylic oxidation sites excluding steroid dienone is 4. The zero-order chi connectivity index (χ0) is 17.5. The van der Waals surface area contributed by atoms with Gasteiger partial charge in [-0.05, 0) is 0 Å². The van der Waals surface area contributed by atoms with Crippen LogP contribution in [0.5, 0.6) is 0 Å². The maximum Gasteiger partial charge on any atom is -1.00 e. The fourth-order valence-electron chi connectivity index (χ4n) is 5.12. The van der Waals surface area contributed by atoms with E-state index in [9.17, 15) is 0 Å². The van der Waals surface area contributed by atoms with Crippen LogP contribution in [0.2, 0.25) is 8.76 Å². The summed E-state index contributed by atoms with van der Waals surface area (Å²) in [5.41, 5.74) is 1.68. The third kappa shape index (κ3) is 4.26. The van der Waals surface area contributed by atoms with Gasteiger partial charge in [0.05, 0.1) is 0 Å². The maximum absolute atomic E-state index is 2.59. The molecule has 28 heavy (non-hydrogen) atoms. The molecule has 1 fully saturated rings. The second kappa shape index (κ2) is 10.2. The second-order valence-corrected chi connectivity index (χ2v) is 13.0. The van der Waals surface area contributed by atoms with E-state index in [0.29, 0.717) is 5.04 Å². The number of hydrogen-bond donors (Lipinski definition) is 0. The summed E-state index contributed by atoms with van der Waals surface area (Å²) < 4.78 is 0.241. The standard InChI is InChI=1S/C23H25Si.3ClH.Ti/c1-18-22-16-10-9-11-19(22)17-23(18,2)24(20-12-5-3-6-13-20)21-14-7-4-8-15-21;;;;/h3-10,12-16,19,24H,11,17H2,1-2H3;3*1H;/q;;;;+3/p-3. The summed E-state index contributed by atoms with van der Waals surface area (Å²) >= 11 is 2.50. The third-order valence-electron chi connectivity index (χ3n) is 6.57. The minimum absolute atomic E-state index is 0. The predicted octanol–water partition coefficient (Wildman–Crippen LogP) is -4.57. The van der Waals surface area contributed by atoms with Crippen LogP contribution in [0.4, 0.5) is 0 Å². The van der Waals surface area contributed by atoms with Crippen LogP contribution in [0.15, 0.2) is 84.5 Å². The molecular weight excluding hydrogens is 459 g/mol. The van der Waals surface area contributed by atoms with E-state index in [1.807, 2.05) is 0 Å². The van der Waals surface area contributed by atoms with Crippen LogP contribution in [0.3, 0.4) is 0 Å². The Morgan fingerprint density at radius 2 is 1.36 bits per heavy atom. The van der Waals surface area contributed by atoms with Gasteiger partial charge in [0, 0.05) is 0 Å².